The van der Waals surface area contributed by atoms with Crippen LogP contribution in [0.3, 0.4) is 0 Å². The highest BCUT2D eigenvalue weighted by Gasteiger charge is 2.44. The molecule has 0 saturated heterocycles. The fourth-order valence-corrected chi connectivity index (χ4v) is 3.48. The smallest absolute Gasteiger partial charge is 0.309 e. The van der Waals surface area contributed by atoms with Gasteiger partial charge in [0, 0.05) is 13.2 Å². The molecule has 1 unspecified atom stereocenters. The van der Waals surface area contributed by atoms with Crippen LogP contribution in [0.5, 0.6) is 0 Å². The molecule has 0 heterocycles. The van der Waals surface area contributed by atoms with Gasteiger partial charge in [0.05, 0.1) is 12.0 Å². The zero-order valence-corrected chi connectivity index (χ0v) is 12.9. The first-order chi connectivity index (χ1) is 8.82. The van der Waals surface area contributed by atoms with E-state index >= 15 is 0 Å². The molecule has 1 fully saturated rings. The van der Waals surface area contributed by atoms with E-state index < -0.39 is 11.9 Å². The Morgan fingerprint density at radius 1 is 1.32 bits per heavy atom. The van der Waals surface area contributed by atoms with Crippen molar-refractivity contribution in [2.45, 2.75) is 58.6 Å². The van der Waals surface area contributed by atoms with Gasteiger partial charge in [-0.25, -0.2) is 0 Å². The molecule has 112 valence electrons. The summed E-state index contributed by atoms with van der Waals surface area (Å²) in [6.45, 7) is 5.91. The minimum atomic E-state index is -0.766. The van der Waals surface area contributed by atoms with Crippen molar-refractivity contribution in [1.29, 1.82) is 0 Å². The second-order valence-electron chi connectivity index (χ2n) is 6.74. The van der Waals surface area contributed by atoms with Crippen molar-refractivity contribution in [3.05, 3.63) is 0 Å². The summed E-state index contributed by atoms with van der Waals surface area (Å²) >= 11 is 0. The molecule has 1 saturated carbocycles. The molecule has 19 heavy (non-hydrogen) atoms. The molecule has 0 bridgehead atoms. The van der Waals surface area contributed by atoms with E-state index in [1.165, 1.54) is 25.7 Å². The first kappa shape index (κ1) is 16.4. The van der Waals surface area contributed by atoms with Gasteiger partial charge in [-0.2, -0.15) is 0 Å². The van der Waals surface area contributed by atoms with Crippen molar-refractivity contribution in [1.82, 2.24) is 5.32 Å². The number of carboxylic acids is 1. The predicted octanol–water partition coefficient (Wildman–Crippen LogP) is 2.53. The Hall–Kier alpha value is -0.610. The summed E-state index contributed by atoms with van der Waals surface area (Å²) in [5.74, 6) is -0.743. The Labute approximate surface area is 116 Å². The normalized spacial score (nSPS) is 22.2. The molecular formula is C15H29NO3. The quantitative estimate of drug-likeness (QED) is 0.779. The number of carbonyl (C=O) groups is 1. The number of hydrogen-bond donors (Lipinski definition) is 2. The van der Waals surface area contributed by atoms with Crippen molar-refractivity contribution in [2.75, 3.05) is 14.2 Å². The van der Waals surface area contributed by atoms with Crippen LogP contribution in [0, 0.1) is 17.3 Å². The van der Waals surface area contributed by atoms with Gasteiger partial charge in [0.25, 0.3) is 0 Å². The number of hydrogen-bond acceptors (Lipinski definition) is 3. The molecule has 1 rings (SSSR count). The van der Waals surface area contributed by atoms with Crippen LogP contribution in [0.2, 0.25) is 0 Å². The lowest BCUT2D eigenvalue weighted by molar-refractivity contribution is -0.154. The van der Waals surface area contributed by atoms with Gasteiger partial charge in [0.2, 0.25) is 0 Å². The van der Waals surface area contributed by atoms with Gasteiger partial charge in [-0.15, -0.1) is 0 Å². The standard InChI is InChI=1S/C15H29NO3/c1-15(2,3)11(14(17)18)13(19-5)12(16-4)10-8-6-7-9-10/h10-13,16H,6-9H2,1-5H3,(H,17,18)/t11?,12-,13+/m0/s1. The Morgan fingerprint density at radius 3 is 2.16 bits per heavy atom. The van der Waals surface area contributed by atoms with Crippen LogP contribution in [-0.2, 0) is 9.53 Å². The van der Waals surface area contributed by atoms with Crippen LogP contribution in [0.4, 0.5) is 0 Å². The largest absolute Gasteiger partial charge is 0.481 e. The molecule has 2 N–H and O–H groups in total. The number of nitrogens with one attached hydrogen (secondary N) is 1. The highest BCUT2D eigenvalue weighted by atomic mass is 16.5. The average molecular weight is 271 g/mol. The molecule has 4 nitrogen and oxygen atoms in total. The predicted molar refractivity (Wildman–Crippen MR) is 76.2 cm³/mol. The molecule has 0 aromatic heterocycles. The number of carboxylic acid groups (broad SMARTS) is 1. The fourth-order valence-electron chi connectivity index (χ4n) is 3.48. The van der Waals surface area contributed by atoms with E-state index in [-0.39, 0.29) is 17.6 Å². The third kappa shape index (κ3) is 3.93. The van der Waals surface area contributed by atoms with Crippen molar-refractivity contribution in [2.24, 2.45) is 17.3 Å². The van der Waals surface area contributed by atoms with Gasteiger partial charge >= 0.3 is 5.97 Å². The number of rotatable bonds is 6. The number of likely N-dealkylation sites (N-methyl/N-ethyl adjacent to an activating group) is 1. The van der Waals surface area contributed by atoms with Crippen molar-refractivity contribution in [3.63, 3.8) is 0 Å². The molecule has 0 aromatic rings. The average Bonchev–Trinajstić information content (AvgIpc) is 2.79. The zero-order chi connectivity index (χ0) is 14.6. The minimum absolute atomic E-state index is 0.118. The van der Waals surface area contributed by atoms with Gasteiger partial charge in [-0.1, -0.05) is 33.6 Å². The summed E-state index contributed by atoms with van der Waals surface area (Å²) < 4.78 is 5.62. The third-order valence-electron chi connectivity index (χ3n) is 4.39. The summed E-state index contributed by atoms with van der Waals surface area (Å²) in [4.78, 5) is 11.7. The van der Waals surface area contributed by atoms with Crippen LogP contribution < -0.4 is 5.32 Å². The third-order valence-corrected chi connectivity index (χ3v) is 4.39. The maximum atomic E-state index is 11.7. The monoisotopic (exact) mass is 271 g/mol. The van der Waals surface area contributed by atoms with Crippen molar-refractivity contribution < 1.29 is 14.6 Å². The summed E-state index contributed by atoms with van der Waals surface area (Å²) in [7, 11) is 3.54. The van der Waals surface area contributed by atoms with Crippen LogP contribution in [0.1, 0.15) is 46.5 Å². The first-order valence-corrected chi connectivity index (χ1v) is 7.25. The van der Waals surface area contributed by atoms with E-state index in [4.69, 9.17) is 4.74 Å². The summed E-state index contributed by atoms with van der Waals surface area (Å²) in [6, 6.07) is 0.118. The van der Waals surface area contributed by atoms with Crippen molar-refractivity contribution >= 4 is 5.97 Å². The maximum absolute atomic E-state index is 11.7. The molecule has 1 aliphatic carbocycles. The summed E-state index contributed by atoms with van der Waals surface area (Å²) in [5.41, 5.74) is -0.319. The van der Waals surface area contributed by atoms with E-state index in [0.717, 1.165) is 0 Å². The molecular weight excluding hydrogens is 242 g/mol. The van der Waals surface area contributed by atoms with Crippen LogP contribution >= 0.6 is 0 Å². The van der Waals surface area contributed by atoms with E-state index in [1.807, 2.05) is 27.8 Å². The number of methoxy groups -OCH3 is 1. The molecule has 0 amide bonds. The lowest BCUT2D eigenvalue weighted by Gasteiger charge is -2.39. The first-order valence-electron chi connectivity index (χ1n) is 7.25. The Bertz CT molecular complexity index is 292. The number of ether oxygens (including phenoxy) is 1. The SMILES string of the molecule is CN[C@@H](C1CCCC1)[C@H](OC)C(C(=O)O)C(C)(C)C. The molecule has 0 radical (unpaired) electrons. The minimum Gasteiger partial charge on any atom is -0.481 e. The highest BCUT2D eigenvalue weighted by Crippen LogP contribution is 2.37. The van der Waals surface area contributed by atoms with E-state index in [0.29, 0.717) is 5.92 Å². The van der Waals surface area contributed by atoms with Gasteiger partial charge < -0.3 is 15.2 Å². The Morgan fingerprint density at radius 2 is 1.84 bits per heavy atom. The van der Waals surface area contributed by atoms with Crippen molar-refractivity contribution in [3.8, 4) is 0 Å². The van der Waals surface area contributed by atoms with Crippen LogP contribution in [-0.4, -0.2) is 37.4 Å². The topological polar surface area (TPSA) is 58.6 Å². The molecule has 1 aliphatic rings. The van der Waals surface area contributed by atoms with Gasteiger partial charge in [-0.3, -0.25) is 4.79 Å². The number of aliphatic carboxylic acids is 1. The lowest BCUT2D eigenvalue weighted by atomic mass is 9.73. The van der Waals surface area contributed by atoms with E-state index in [2.05, 4.69) is 5.32 Å². The molecule has 0 aliphatic heterocycles. The second-order valence-corrected chi connectivity index (χ2v) is 6.74. The lowest BCUT2D eigenvalue weighted by Crippen LogP contribution is -2.53. The van der Waals surface area contributed by atoms with Gasteiger partial charge in [0.1, 0.15) is 0 Å². The molecule has 0 spiro atoms. The molecule has 0 aromatic carbocycles. The van der Waals surface area contributed by atoms with E-state index in [1.54, 1.807) is 7.11 Å². The maximum Gasteiger partial charge on any atom is 0.309 e. The van der Waals surface area contributed by atoms with Gasteiger partial charge in [-0.05, 0) is 31.2 Å². The highest BCUT2D eigenvalue weighted by molar-refractivity contribution is 5.71. The Kier molecular flexibility index (Phi) is 5.81. The fraction of sp³-hybridized carbons (Fsp3) is 0.933. The van der Waals surface area contributed by atoms with Crippen LogP contribution in [0.25, 0.3) is 0 Å². The van der Waals surface area contributed by atoms with Crippen LogP contribution in [0.15, 0.2) is 0 Å². The summed E-state index contributed by atoms with van der Waals surface area (Å²) in [6.07, 6.45) is 4.54. The Balaban J connectivity index is 2.96. The summed E-state index contributed by atoms with van der Waals surface area (Å²) in [5, 5.41) is 12.9. The molecule has 3 atom stereocenters. The van der Waals surface area contributed by atoms with E-state index in [9.17, 15) is 9.90 Å². The van der Waals surface area contributed by atoms with Gasteiger partial charge in [0.15, 0.2) is 0 Å². The zero-order valence-electron chi connectivity index (χ0n) is 12.9. The molecule has 4 heteroatoms. The second kappa shape index (κ2) is 6.71.